The van der Waals surface area contributed by atoms with Crippen molar-refractivity contribution in [2.45, 2.75) is 51.2 Å². The zero-order chi connectivity index (χ0) is 27.9. The van der Waals surface area contributed by atoms with E-state index in [4.69, 9.17) is 9.84 Å². The third-order valence-corrected chi connectivity index (χ3v) is 7.28. The molecule has 1 saturated carbocycles. The van der Waals surface area contributed by atoms with Crippen molar-refractivity contribution in [2.75, 3.05) is 0 Å². The summed E-state index contributed by atoms with van der Waals surface area (Å²) in [5, 5.41) is 17.8. The molecule has 8 heteroatoms. The number of carbonyl (C=O) groups is 1. The van der Waals surface area contributed by atoms with E-state index in [-0.39, 0.29) is 5.88 Å². The molecule has 0 saturated heterocycles. The lowest BCUT2D eigenvalue weighted by atomic mass is 9.71. The number of rotatable bonds is 5. The van der Waals surface area contributed by atoms with Gasteiger partial charge in [-0.05, 0) is 63.3 Å². The van der Waals surface area contributed by atoms with Gasteiger partial charge in [-0.25, -0.2) is 19.3 Å². The van der Waals surface area contributed by atoms with Crippen molar-refractivity contribution in [3.05, 3.63) is 90.8 Å². The number of ether oxygens (including phenoxy) is 1. The summed E-state index contributed by atoms with van der Waals surface area (Å²) in [5.74, 6) is -0.0388. The normalized spacial score (nSPS) is 14.5. The topological polar surface area (TPSA) is 102 Å². The van der Waals surface area contributed by atoms with E-state index < -0.39 is 17.2 Å². The molecule has 1 aliphatic rings. The number of imidazole rings is 1. The Hall–Kier alpha value is -4.72. The Balaban J connectivity index is 1.41. The zero-order valence-electron chi connectivity index (χ0n) is 22.8. The van der Waals surface area contributed by atoms with Crippen LogP contribution in [0, 0.1) is 0 Å². The molecule has 6 rings (SSSR count). The third-order valence-electron chi connectivity index (χ3n) is 7.28. The molecule has 1 aliphatic carbocycles. The van der Waals surface area contributed by atoms with E-state index in [2.05, 4.69) is 51.7 Å². The molecule has 8 nitrogen and oxygen atoms in total. The number of nitrogens with one attached hydrogen (secondary N) is 1. The van der Waals surface area contributed by atoms with Crippen LogP contribution < -0.4 is 5.32 Å². The van der Waals surface area contributed by atoms with Crippen LogP contribution in [0.25, 0.3) is 39.3 Å². The first kappa shape index (κ1) is 25.6. The first-order valence-electron chi connectivity index (χ1n) is 13.4. The molecular weight excluding hydrogens is 502 g/mol. The molecule has 2 aromatic carbocycles. The second-order valence-corrected chi connectivity index (χ2v) is 11.2. The summed E-state index contributed by atoms with van der Waals surface area (Å²) in [5.41, 5.74) is 6.09. The lowest BCUT2D eigenvalue weighted by Gasteiger charge is -2.43. The summed E-state index contributed by atoms with van der Waals surface area (Å²) in [6.07, 6.45) is 5.75. The Morgan fingerprint density at radius 3 is 2.27 bits per heavy atom. The van der Waals surface area contributed by atoms with Gasteiger partial charge in [0.15, 0.2) is 5.65 Å². The van der Waals surface area contributed by atoms with Gasteiger partial charge in [0.1, 0.15) is 5.60 Å². The highest BCUT2D eigenvalue weighted by Crippen LogP contribution is 2.42. The highest BCUT2D eigenvalue weighted by atomic mass is 16.6. The first-order chi connectivity index (χ1) is 19.2. The minimum Gasteiger partial charge on any atom is -0.493 e. The molecule has 2 N–H and O–H groups in total. The van der Waals surface area contributed by atoms with Crippen LogP contribution in [0.3, 0.4) is 0 Å². The molecule has 0 atom stereocenters. The van der Waals surface area contributed by atoms with Gasteiger partial charge < -0.3 is 15.2 Å². The molecule has 5 aromatic rings. The second kappa shape index (κ2) is 9.79. The predicted molar refractivity (Wildman–Crippen MR) is 154 cm³/mol. The number of nitrogens with zero attached hydrogens (tertiary/aromatic N) is 4. The number of aromatic hydroxyl groups is 1. The van der Waals surface area contributed by atoms with Crippen LogP contribution in [0.2, 0.25) is 0 Å². The van der Waals surface area contributed by atoms with Gasteiger partial charge in [-0.2, -0.15) is 5.10 Å². The van der Waals surface area contributed by atoms with E-state index in [1.54, 1.807) is 29.0 Å². The molecule has 202 valence electrons. The predicted octanol–water partition coefficient (Wildman–Crippen LogP) is 6.73. The molecular formula is C32H31N5O3. The number of hydrogen-bond donors (Lipinski definition) is 2. The van der Waals surface area contributed by atoms with Crippen LogP contribution in [0.1, 0.15) is 45.6 Å². The number of benzene rings is 2. The van der Waals surface area contributed by atoms with Crippen LogP contribution in [0.5, 0.6) is 5.88 Å². The van der Waals surface area contributed by atoms with Gasteiger partial charge in [-0.3, -0.25) is 0 Å². The summed E-state index contributed by atoms with van der Waals surface area (Å²) < 4.78 is 7.36. The fraction of sp³-hybridized carbons (Fsp3) is 0.250. The molecule has 3 heterocycles. The van der Waals surface area contributed by atoms with Crippen molar-refractivity contribution in [2.24, 2.45) is 0 Å². The van der Waals surface area contributed by atoms with Crippen molar-refractivity contribution >= 4 is 11.7 Å². The number of alkyl carbamates (subject to hydrolysis) is 1. The first-order valence-corrected chi connectivity index (χ1v) is 13.4. The maximum Gasteiger partial charge on any atom is 0.408 e. The third kappa shape index (κ3) is 4.88. The monoisotopic (exact) mass is 533 g/mol. The molecule has 1 amide bonds. The average Bonchev–Trinajstić information content (AvgIpc) is 3.33. The van der Waals surface area contributed by atoms with Crippen LogP contribution >= 0.6 is 0 Å². The van der Waals surface area contributed by atoms with E-state index in [1.165, 1.54) is 0 Å². The Labute approximate surface area is 232 Å². The molecule has 40 heavy (non-hydrogen) atoms. The van der Waals surface area contributed by atoms with Crippen molar-refractivity contribution in [1.29, 1.82) is 0 Å². The van der Waals surface area contributed by atoms with Gasteiger partial charge in [0.2, 0.25) is 5.88 Å². The van der Waals surface area contributed by atoms with E-state index in [9.17, 15) is 9.90 Å². The number of fused-ring (bicyclic) bond motifs is 1. The second-order valence-electron chi connectivity index (χ2n) is 11.2. The summed E-state index contributed by atoms with van der Waals surface area (Å²) in [6.45, 7) is 5.60. The number of hydrogen-bond acceptors (Lipinski definition) is 6. The Morgan fingerprint density at radius 1 is 0.925 bits per heavy atom. The van der Waals surface area contributed by atoms with Gasteiger partial charge in [-0.15, -0.1) is 0 Å². The van der Waals surface area contributed by atoms with Crippen LogP contribution in [-0.2, 0) is 10.3 Å². The quantitative estimate of drug-likeness (QED) is 0.260. The Morgan fingerprint density at radius 2 is 1.65 bits per heavy atom. The Kier molecular flexibility index (Phi) is 6.25. The van der Waals surface area contributed by atoms with Crippen LogP contribution in [-0.4, -0.2) is 36.4 Å². The van der Waals surface area contributed by atoms with E-state index in [0.29, 0.717) is 5.65 Å². The average molecular weight is 534 g/mol. The van der Waals surface area contributed by atoms with E-state index in [0.717, 1.165) is 58.5 Å². The molecule has 3 aromatic heterocycles. The van der Waals surface area contributed by atoms with Gasteiger partial charge in [0.05, 0.1) is 23.1 Å². The van der Waals surface area contributed by atoms with Crippen LogP contribution in [0.4, 0.5) is 4.79 Å². The smallest absolute Gasteiger partial charge is 0.408 e. The number of amides is 1. The highest BCUT2D eigenvalue weighted by molar-refractivity contribution is 5.83. The maximum atomic E-state index is 12.6. The van der Waals surface area contributed by atoms with Crippen molar-refractivity contribution in [1.82, 2.24) is 24.9 Å². The van der Waals surface area contributed by atoms with Crippen molar-refractivity contribution in [3.8, 4) is 39.5 Å². The fourth-order valence-corrected chi connectivity index (χ4v) is 5.16. The summed E-state index contributed by atoms with van der Waals surface area (Å²) in [4.78, 5) is 21.3. The largest absolute Gasteiger partial charge is 0.493 e. The van der Waals surface area contributed by atoms with Gasteiger partial charge >= 0.3 is 6.09 Å². The minimum absolute atomic E-state index is 0.0388. The summed E-state index contributed by atoms with van der Waals surface area (Å²) >= 11 is 0. The van der Waals surface area contributed by atoms with Crippen LogP contribution in [0.15, 0.2) is 85.2 Å². The summed E-state index contributed by atoms with van der Waals surface area (Å²) in [6, 6.07) is 23.8. The highest BCUT2D eigenvalue weighted by Gasteiger charge is 2.41. The number of pyridine rings is 1. The van der Waals surface area contributed by atoms with Gasteiger partial charge in [0.25, 0.3) is 0 Å². The SMILES string of the molecule is CC(C)(C)OC(=O)NC1(c2ccc(-c3nn4c(-c5ccc(O)nc5)cnc4cc3-c3ccccc3)cc2)CCC1. The van der Waals surface area contributed by atoms with Gasteiger partial charge in [-0.1, -0.05) is 54.6 Å². The molecule has 0 radical (unpaired) electrons. The lowest BCUT2D eigenvalue weighted by Crippen LogP contribution is -2.52. The van der Waals surface area contributed by atoms with E-state index >= 15 is 0 Å². The fourth-order valence-electron chi connectivity index (χ4n) is 5.16. The zero-order valence-corrected chi connectivity index (χ0v) is 22.8. The maximum absolute atomic E-state index is 12.6. The number of carbonyl (C=O) groups excluding carboxylic acids is 1. The van der Waals surface area contributed by atoms with Crippen molar-refractivity contribution < 1.29 is 14.6 Å². The molecule has 1 fully saturated rings. The number of aromatic nitrogens is 4. The molecule has 0 spiro atoms. The Bertz CT molecular complexity index is 1670. The van der Waals surface area contributed by atoms with E-state index in [1.807, 2.05) is 45.0 Å². The van der Waals surface area contributed by atoms with Crippen molar-refractivity contribution in [3.63, 3.8) is 0 Å². The van der Waals surface area contributed by atoms with Gasteiger partial charge in [0, 0.05) is 29.0 Å². The summed E-state index contributed by atoms with van der Waals surface area (Å²) in [7, 11) is 0. The molecule has 0 aliphatic heterocycles. The molecule has 0 unspecified atom stereocenters. The standard InChI is InChI=1S/C32H31N5O3/c1-31(2,3)40-30(39)35-32(16-7-17-32)24-13-10-22(11-14-24)29-25(21-8-5-4-6-9-21)18-27-33-20-26(37(27)36-29)23-12-15-28(38)34-19-23/h4-6,8-15,18-20H,7,16-17H2,1-3H3,(H,34,38)(H,35,39). The lowest BCUT2D eigenvalue weighted by molar-refractivity contribution is 0.0377. The molecule has 0 bridgehead atoms. The minimum atomic E-state index is -0.556.